The van der Waals surface area contributed by atoms with Gasteiger partial charge in [-0.3, -0.25) is 0 Å². The number of hydrogen-bond donors (Lipinski definition) is 0. The van der Waals surface area contributed by atoms with Crippen LogP contribution >= 0.6 is 0 Å². The first-order valence-corrected chi connectivity index (χ1v) is 7.22. The number of fused-ring (bicyclic) bond motifs is 2. The van der Waals surface area contributed by atoms with E-state index in [9.17, 15) is 0 Å². The third kappa shape index (κ3) is 1.67. The van der Waals surface area contributed by atoms with Crippen LogP contribution < -0.4 is 0 Å². The molecule has 19 heavy (non-hydrogen) atoms. The highest BCUT2D eigenvalue weighted by molar-refractivity contribution is 5.77. The zero-order valence-corrected chi connectivity index (χ0v) is 11.2. The van der Waals surface area contributed by atoms with Crippen LogP contribution in [0.15, 0.2) is 49.0 Å². The number of benzene rings is 2. The summed E-state index contributed by atoms with van der Waals surface area (Å²) >= 11 is 0. The van der Waals surface area contributed by atoms with Crippen LogP contribution in [0.4, 0.5) is 0 Å². The van der Waals surface area contributed by atoms with Crippen LogP contribution in [-0.2, 0) is 19.3 Å². The average molecular weight is 246 g/mol. The quantitative estimate of drug-likeness (QED) is 0.693. The summed E-state index contributed by atoms with van der Waals surface area (Å²) in [4.78, 5) is 0. The summed E-state index contributed by atoms with van der Waals surface area (Å²) in [5.74, 6) is 0.489. The first-order chi connectivity index (χ1) is 9.33. The largest absolute Gasteiger partial charge is 0.0946 e. The lowest BCUT2D eigenvalue weighted by Gasteiger charge is -2.13. The number of rotatable bonds is 1. The molecule has 1 atom stereocenters. The summed E-state index contributed by atoms with van der Waals surface area (Å²) in [5, 5.41) is 0. The summed E-state index contributed by atoms with van der Waals surface area (Å²) in [7, 11) is 0. The fraction of sp³-hybridized carbons (Fsp3) is 0.263. The third-order valence-electron chi connectivity index (χ3n) is 4.73. The van der Waals surface area contributed by atoms with Crippen LogP contribution in [0.2, 0.25) is 0 Å². The summed E-state index contributed by atoms with van der Waals surface area (Å²) < 4.78 is 0. The molecule has 0 heterocycles. The zero-order chi connectivity index (χ0) is 12.8. The van der Waals surface area contributed by atoms with Crippen molar-refractivity contribution in [2.24, 2.45) is 0 Å². The van der Waals surface area contributed by atoms with Gasteiger partial charge in [-0.25, -0.2) is 0 Å². The Hall–Kier alpha value is -1.82. The fourth-order valence-corrected chi connectivity index (χ4v) is 3.67. The molecule has 0 radical (unpaired) electrons. The van der Waals surface area contributed by atoms with Crippen molar-refractivity contribution in [1.82, 2.24) is 0 Å². The Bertz CT molecular complexity index is 663. The molecule has 0 aliphatic heterocycles. The first kappa shape index (κ1) is 11.0. The Morgan fingerprint density at radius 1 is 0.895 bits per heavy atom. The number of aryl methyl sites for hydroxylation is 2. The van der Waals surface area contributed by atoms with Crippen molar-refractivity contribution >= 4 is 5.57 Å². The minimum Gasteiger partial charge on any atom is -0.0946 e. The van der Waals surface area contributed by atoms with Crippen LogP contribution in [0.5, 0.6) is 0 Å². The summed E-state index contributed by atoms with van der Waals surface area (Å²) in [6.45, 7) is 4.35. The Kier molecular flexibility index (Phi) is 2.38. The topological polar surface area (TPSA) is 0 Å². The van der Waals surface area contributed by atoms with Gasteiger partial charge in [-0.15, -0.1) is 0 Å². The third-order valence-corrected chi connectivity index (χ3v) is 4.73. The van der Waals surface area contributed by atoms with Gasteiger partial charge in [0, 0.05) is 5.92 Å². The van der Waals surface area contributed by atoms with E-state index in [0.717, 1.165) is 6.42 Å². The second kappa shape index (κ2) is 4.09. The smallest absolute Gasteiger partial charge is 0.0130 e. The molecular formula is C19H18. The van der Waals surface area contributed by atoms with Crippen molar-refractivity contribution in [1.29, 1.82) is 0 Å². The molecule has 94 valence electrons. The highest BCUT2D eigenvalue weighted by Gasteiger charge is 2.27. The molecule has 0 bridgehead atoms. The van der Waals surface area contributed by atoms with Crippen molar-refractivity contribution < 1.29 is 0 Å². The van der Waals surface area contributed by atoms with Gasteiger partial charge in [0.05, 0.1) is 0 Å². The molecule has 1 unspecified atom stereocenters. The van der Waals surface area contributed by atoms with Crippen molar-refractivity contribution in [2.45, 2.75) is 31.6 Å². The summed E-state index contributed by atoms with van der Waals surface area (Å²) in [6, 6.07) is 15.8. The molecular weight excluding hydrogens is 228 g/mol. The summed E-state index contributed by atoms with van der Waals surface area (Å²) in [5.41, 5.74) is 8.72. The van der Waals surface area contributed by atoms with Gasteiger partial charge in [-0.05, 0) is 59.1 Å². The molecule has 0 fully saturated rings. The van der Waals surface area contributed by atoms with Crippen molar-refractivity contribution in [2.75, 3.05) is 0 Å². The maximum absolute atomic E-state index is 4.35. The van der Waals surface area contributed by atoms with E-state index in [-0.39, 0.29) is 0 Å². The number of allylic oxidation sites excluding steroid dienone is 1. The maximum Gasteiger partial charge on any atom is 0.0130 e. The van der Waals surface area contributed by atoms with Gasteiger partial charge in [0.2, 0.25) is 0 Å². The fourth-order valence-electron chi connectivity index (χ4n) is 3.67. The predicted molar refractivity (Wildman–Crippen MR) is 80.4 cm³/mol. The Morgan fingerprint density at radius 2 is 1.74 bits per heavy atom. The Balaban J connectivity index is 1.74. The lowest BCUT2D eigenvalue weighted by Crippen LogP contribution is -1.98. The van der Waals surface area contributed by atoms with Crippen LogP contribution in [0.3, 0.4) is 0 Å². The first-order valence-electron chi connectivity index (χ1n) is 7.22. The van der Waals surface area contributed by atoms with Crippen LogP contribution in [0, 0.1) is 0 Å². The van der Waals surface area contributed by atoms with E-state index in [0.29, 0.717) is 5.92 Å². The molecule has 2 aliphatic carbocycles. The van der Waals surface area contributed by atoms with Gasteiger partial charge in [0.15, 0.2) is 0 Å². The van der Waals surface area contributed by atoms with E-state index < -0.39 is 0 Å². The Morgan fingerprint density at radius 3 is 2.63 bits per heavy atom. The zero-order valence-electron chi connectivity index (χ0n) is 11.2. The lowest BCUT2D eigenvalue weighted by atomic mass is 9.91. The predicted octanol–water partition coefficient (Wildman–Crippen LogP) is 4.53. The van der Waals surface area contributed by atoms with Gasteiger partial charge in [-0.1, -0.05) is 49.0 Å². The van der Waals surface area contributed by atoms with Gasteiger partial charge < -0.3 is 0 Å². The van der Waals surface area contributed by atoms with E-state index in [1.807, 2.05) is 0 Å². The second-order valence-corrected chi connectivity index (χ2v) is 5.82. The molecule has 0 amide bonds. The van der Waals surface area contributed by atoms with E-state index in [4.69, 9.17) is 0 Å². The second-order valence-electron chi connectivity index (χ2n) is 5.82. The van der Waals surface area contributed by atoms with Crippen LogP contribution in [0.1, 0.15) is 40.2 Å². The van der Waals surface area contributed by atoms with Crippen molar-refractivity contribution in [3.05, 3.63) is 76.9 Å². The molecule has 2 aromatic carbocycles. The van der Waals surface area contributed by atoms with E-state index in [1.165, 1.54) is 41.5 Å². The SMILES string of the molecule is C=C1c2ccccc2CC1c1ccc2c(c1)CCC2. The molecule has 0 saturated carbocycles. The van der Waals surface area contributed by atoms with Gasteiger partial charge in [0.1, 0.15) is 0 Å². The average Bonchev–Trinajstić information content (AvgIpc) is 3.03. The minimum absolute atomic E-state index is 0.489. The molecule has 0 spiro atoms. The lowest BCUT2D eigenvalue weighted by molar-refractivity contribution is 0.893. The maximum atomic E-state index is 4.35. The molecule has 0 nitrogen and oxygen atoms in total. The standard InChI is InChI=1S/C19H18/c1-13-18-8-3-2-5-16(18)12-19(13)17-10-9-14-6-4-7-15(14)11-17/h2-3,5,8-11,19H,1,4,6-7,12H2. The molecule has 2 aliphatic rings. The molecule has 0 heteroatoms. The molecule has 0 saturated heterocycles. The van der Waals surface area contributed by atoms with Gasteiger partial charge >= 0.3 is 0 Å². The molecule has 0 aromatic heterocycles. The van der Waals surface area contributed by atoms with Gasteiger partial charge in [0.25, 0.3) is 0 Å². The normalized spacial score (nSPS) is 20.4. The Labute approximate surface area is 114 Å². The highest BCUT2D eigenvalue weighted by Crippen LogP contribution is 2.42. The van der Waals surface area contributed by atoms with E-state index in [1.54, 1.807) is 11.1 Å². The van der Waals surface area contributed by atoms with Gasteiger partial charge in [-0.2, -0.15) is 0 Å². The van der Waals surface area contributed by atoms with Crippen molar-refractivity contribution in [3.8, 4) is 0 Å². The summed E-state index contributed by atoms with van der Waals surface area (Å²) in [6.07, 6.45) is 4.97. The number of hydrogen-bond acceptors (Lipinski definition) is 0. The highest BCUT2D eigenvalue weighted by atomic mass is 14.3. The van der Waals surface area contributed by atoms with Crippen LogP contribution in [0.25, 0.3) is 5.57 Å². The molecule has 0 N–H and O–H groups in total. The minimum atomic E-state index is 0.489. The monoisotopic (exact) mass is 246 g/mol. The van der Waals surface area contributed by atoms with E-state index in [2.05, 4.69) is 49.0 Å². The van der Waals surface area contributed by atoms with E-state index >= 15 is 0 Å². The van der Waals surface area contributed by atoms with Crippen LogP contribution in [-0.4, -0.2) is 0 Å². The molecule has 2 aromatic rings. The van der Waals surface area contributed by atoms with Crippen molar-refractivity contribution in [3.63, 3.8) is 0 Å². The molecule has 4 rings (SSSR count).